The lowest BCUT2D eigenvalue weighted by atomic mass is 9.91. The molecule has 1 unspecified atom stereocenters. The van der Waals surface area contributed by atoms with Crippen LogP contribution in [-0.4, -0.2) is 6.61 Å². The van der Waals surface area contributed by atoms with Gasteiger partial charge in [-0.15, -0.1) is 0 Å². The number of aryl methyl sites for hydroxylation is 1. The van der Waals surface area contributed by atoms with Gasteiger partial charge in [0.25, 0.3) is 0 Å². The zero-order chi connectivity index (χ0) is 13.0. The monoisotopic (exact) mass is 235 g/mol. The number of ether oxygens (including phenoxy) is 1. The van der Waals surface area contributed by atoms with Crippen LogP contribution in [0.4, 0.5) is 0 Å². The highest BCUT2D eigenvalue weighted by Gasteiger charge is 2.15. The summed E-state index contributed by atoms with van der Waals surface area (Å²) in [6.07, 6.45) is 2.00. The summed E-state index contributed by atoms with van der Waals surface area (Å²) in [7, 11) is 0. The molecule has 0 aliphatic carbocycles. The van der Waals surface area contributed by atoms with Gasteiger partial charge in [0.2, 0.25) is 0 Å². The van der Waals surface area contributed by atoms with Gasteiger partial charge in [-0.05, 0) is 61.9 Å². The molecule has 0 fully saturated rings. The molecule has 0 aliphatic rings. The van der Waals surface area contributed by atoms with Gasteiger partial charge in [-0.1, -0.05) is 13.8 Å². The second kappa shape index (κ2) is 6.06. The Morgan fingerprint density at radius 1 is 1.18 bits per heavy atom. The minimum atomic E-state index is 0.133. The van der Waals surface area contributed by atoms with E-state index >= 15 is 0 Å². The van der Waals surface area contributed by atoms with Gasteiger partial charge in [0.1, 0.15) is 5.75 Å². The van der Waals surface area contributed by atoms with Crippen molar-refractivity contribution in [3.8, 4) is 5.75 Å². The molecule has 2 heteroatoms. The Hall–Kier alpha value is -1.02. The highest BCUT2D eigenvalue weighted by molar-refractivity contribution is 5.49. The highest BCUT2D eigenvalue weighted by Crippen LogP contribution is 2.31. The van der Waals surface area contributed by atoms with Crippen molar-refractivity contribution < 1.29 is 4.74 Å². The van der Waals surface area contributed by atoms with Crippen LogP contribution >= 0.6 is 0 Å². The first-order chi connectivity index (χ1) is 8.02. The summed E-state index contributed by atoms with van der Waals surface area (Å²) in [6.45, 7) is 11.4. The van der Waals surface area contributed by atoms with Crippen LogP contribution in [0.5, 0.6) is 5.75 Å². The molecule has 0 spiro atoms. The molecule has 0 saturated carbocycles. The lowest BCUT2D eigenvalue weighted by molar-refractivity contribution is 0.314. The molecule has 0 amide bonds. The van der Waals surface area contributed by atoms with Crippen LogP contribution < -0.4 is 10.5 Å². The Morgan fingerprint density at radius 3 is 2.35 bits per heavy atom. The first kappa shape index (κ1) is 14.0. The van der Waals surface area contributed by atoms with E-state index in [0.717, 1.165) is 25.2 Å². The fourth-order valence-corrected chi connectivity index (χ4v) is 2.20. The van der Waals surface area contributed by atoms with Crippen molar-refractivity contribution in [2.24, 2.45) is 5.73 Å². The molecule has 1 aromatic rings. The van der Waals surface area contributed by atoms with E-state index in [-0.39, 0.29) is 6.04 Å². The van der Waals surface area contributed by atoms with E-state index in [4.69, 9.17) is 10.5 Å². The van der Waals surface area contributed by atoms with Crippen molar-refractivity contribution in [2.75, 3.05) is 6.61 Å². The van der Waals surface area contributed by atoms with Gasteiger partial charge in [-0.2, -0.15) is 0 Å². The summed E-state index contributed by atoms with van der Waals surface area (Å²) in [5.41, 5.74) is 11.2. The summed E-state index contributed by atoms with van der Waals surface area (Å²) < 4.78 is 5.78. The van der Waals surface area contributed by atoms with Crippen molar-refractivity contribution >= 4 is 0 Å². The molecule has 0 heterocycles. The fraction of sp³-hybridized carbons (Fsp3) is 0.600. The van der Waals surface area contributed by atoms with E-state index in [1.807, 2.05) is 0 Å². The molecule has 0 saturated heterocycles. The van der Waals surface area contributed by atoms with Crippen LogP contribution in [0.1, 0.15) is 55.0 Å². The Kier molecular flexibility index (Phi) is 5.01. The van der Waals surface area contributed by atoms with E-state index < -0.39 is 0 Å². The third-order valence-corrected chi connectivity index (χ3v) is 3.38. The molecule has 0 aromatic heterocycles. The summed E-state index contributed by atoms with van der Waals surface area (Å²) in [5.74, 6) is 1.01. The van der Waals surface area contributed by atoms with Gasteiger partial charge in [0, 0.05) is 6.04 Å². The maximum atomic E-state index is 6.17. The SMILES string of the molecule is CCCOc1cc(C)c(C(N)CC)c(C)c1C. The Balaban J connectivity index is 3.17. The highest BCUT2D eigenvalue weighted by atomic mass is 16.5. The summed E-state index contributed by atoms with van der Waals surface area (Å²) >= 11 is 0. The number of benzene rings is 1. The standard InChI is InChI=1S/C15H25NO/c1-6-8-17-14-9-10(3)15(13(16)7-2)12(5)11(14)4/h9,13H,6-8,16H2,1-5H3. The van der Waals surface area contributed by atoms with E-state index in [1.54, 1.807) is 0 Å². The maximum Gasteiger partial charge on any atom is 0.122 e. The molecule has 0 radical (unpaired) electrons. The molecule has 2 nitrogen and oxygen atoms in total. The predicted octanol–water partition coefficient (Wildman–Crippen LogP) is 3.81. The van der Waals surface area contributed by atoms with Crippen LogP contribution in [0.2, 0.25) is 0 Å². The lowest BCUT2D eigenvalue weighted by Gasteiger charge is -2.20. The smallest absolute Gasteiger partial charge is 0.122 e. The van der Waals surface area contributed by atoms with E-state index in [1.165, 1.54) is 22.3 Å². The quantitative estimate of drug-likeness (QED) is 0.842. The van der Waals surface area contributed by atoms with Crippen LogP contribution in [0.15, 0.2) is 6.07 Å². The third kappa shape index (κ3) is 3.01. The number of hydrogen-bond donors (Lipinski definition) is 1. The molecule has 1 atom stereocenters. The van der Waals surface area contributed by atoms with Crippen molar-refractivity contribution in [3.05, 3.63) is 28.3 Å². The zero-order valence-corrected chi connectivity index (χ0v) is 11.8. The van der Waals surface area contributed by atoms with Gasteiger partial charge in [0.05, 0.1) is 6.61 Å². The van der Waals surface area contributed by atoms with Crippen molar-refractivity contribution in [1.82, 2.24) is 0 Å². The normalized spacial score (nSPS) is 12.6. The van der Waals surface area contributed by atoms with Crippen LogP contribution in [0.3, 0.4) is 0 Å². The molecule has 96 valence electrons. The summed E-state index contributed by atoms with van der Waals surface area (Å²) in [6, 6.07) is 2.26. The van der Waals surface area contributed by atoms with Crippen LogP contribution in [-0.2, 0) is 0 Å². The van der Waals surface area contributed by atoms with E-state index in [9.17, 15) is 0 Å². The van der Waals surface area contributed by atoms with Gasteiger partial charge in [-0.3, -0.25) is 0 Å². The topological polar surface area (TPSA) is 35.2 Å². The third-order valence-electron chi connectivity index (χ3n) is 3.38. The van der Waals surface area contributed by atoms with Crippen molar-refractivity contribution in [3.63, 3.8) is 0 Å². The maximum absolute atomic E-state index is 6.17. The second-order valence-corrected chi connectivity index (χ2v) is 4.72. The van der Waals surface area contributed by atoms with Gasteiger partial charge < -0.3 is 10.5 Å². The van der Waals surface area contributed by atoms with E-state index in [0.29, 0.717) is 0 Å². The van der Waals surface area contributed by atoms with Crippen LogP contribution in [0, 0.1) is 20.8 Å². The Morgan fingerprint density at radius 2 is 1.82 bits per heavy atom. The molecule has 17 heavy (non-hydrogen) atoms. The molecule has 2 N–H and O–H groups in total. The Bertz CT molecular complexity index is 385. The Labute approximate surface area is 105 Å². The van der Waals surface area contributed by atoms with Crippen molar-refractivity contribution in [2.45, 2.75) is 53.5 Å². The number of hydrogen-bond acceptors (Lipinski definition) is 2. The van der Waals surface area contributed by atoms with Gasteiger partial charge in [-0.25, -0.2) is 0 Å². The second-order valence-electron chi connectivity index (χ2n) is 4.72. The average Bonchev–Trinajstić information content (AvgIpc) is 2.31. The molecular formula is C15H25NO. The first-order valence-electron chi connectivity index (χ1n) is 6.51. The fourth-order valence-electron chi connectivity index (χ4n) is 2.20. The predicted molar refractivity (Wildman–Crippen MR) is 73.7 cm³/mol. The molecular weight excluding hydrogens is 210 g/mol. The van der Waals surface area contributed by atoms with Gasteiger partial charge in [0.15, 0.2) is 0 Å². The zero-order valence-electron chi connectivity index (χ0n) is 11.8. The molecule has 0 bridgehead atoms. The van der Waals surface area contributed by atoms with Gasteiger partial charge >= 0.3 is 0 Å². The average molecular weight is 235 g/mol. The minimum Gasteiger partial charge on any atom is -0.493 e. The van der Waals surface area contributed by atoms with E-state index in [2.05, 4.69) is 40.7 Å². The summed E-state index contributed by atoms with van der Waals surface area (Å²) in [5, 5.41) is 0. The molecule has 1 aromatic carbocycles. The first-order valence-corrected chi connectivity index (χ1v) is 6.51. The lowest BCUT2D eigenvalue weighted by Crippen LogP contribution is -2.13. The molecule has 0 aliphatic heterocycles. The number of rotatable bonds is 5. The minimum absolute atomic E-state index is 0.133. The van der Waals surface area contributed by atoms with Crippen molar-refractivity contribution in [1.29, 1.82) is 0 Å². The largest absolute Gasteiger partial charge is 0.493 e. The number of nitrogens with two attached hydrogens (primary N) is 1. The van der Waals surface area contributed by atoms with Crippen LogP contribution in [0.25, 0.3) is 0 Å². The molecule has 1 rings (SSSR count). The summed E-state index contributed by atoms with van der Waals surface area (Å²) in [4.78, 5) is 0.